The van der Waals surface area contributed by atoms with Crippen molar-refractivity contribution >= 4 is 6.29 Å². The third kappa shape index (κ3) is 2.12. The van der Waals surface area contributed by atoms with Crippen molar-refractivity contribution in [3.8, 4) is 0 Å². The van der Waals surface area contributed by atoms with Gasteiger partial charge in [0, 0.05) is 12.7 Å². The van der Waals surface area contributed by atoms with E-state index in [1.54, 1.807) is 7.11 Å². The van der Waals surface area contributed by atoms with E-state index in [1.165, 1.54) is 11.1 Å². The van der Waals surface area contributed by atoms with Crippen LogP contribution in [0.2, 0.25) is 0 Å². The van der Waals surface area contributed by atoms with Gasteiger partial charge in [0.1, 0.15) is 6.29 Å². The van der Waals surface area contributed by atoms with E-state index in [2.05, 4.69) is 24.3 Å². The van der Waals surface area contributed by atoms with E-state index in [-0.39, 0.29) is 11.5 Å². The van der Waals surface area contributed by atoms with E-state index in [0.717, 1.165) is 18.3 Å². The fourth-order valence-corrected chi connectivity index (χ4v) is 3.40. The molecule has 0 N–H and O–H groups in total. The van der Waals surface area contributed by atoms with Crippen molar-refractivity contribution in [1.82, 2.24) is 0 Å². The summed E-state index contributed by atoms with van der Waals surface area (Å²) in [4.78, 5) is 11.4. The molecule has 106 valence electrons. The second-order valence-electron chi connectivity index (χ2n) is 5.35. The maximum atomic E-state index is 11.4. The van der Waals surface area contributed by atoms with Crippen molar-refractivity contribution in [1.29, 1.82) is 0 Å². The zero-order valence-corrected chi connectivity index (χ0v) is 12.0. The highest BCUT2D eigenvalue weighted by molar-refractivity contribution is 5.78. The lowest BCUT2D eigenvalue weighted by atomic mass is 9.70. The molecule has 2 aromatic carbocycles. The number of aldehydes is 1. The van der Waals surface area contributed by atoms with Gasteiger partial charge in [-0.2, -0.15) is 0 Å². The molecule has 2 nitrogen and oxygen atoms in total. The van der Waals surface area contributed by atoms with Crippen LogP contribution >= 0.6 is 0 Å². The van der Waals surface area contributed by atoms with Gasteiger partial charge < -0.3 is 4.74 Å². The topological polar surface area (TPSA) is 26.3 Å². The molecule has 21 heavy (non-hydrogen) atoms. The summed E-state index contributed by atoms with van der Waals surface area (Å²) in [5.41, 5.74) is 2.76. The van der Waals surface area contributed by atoms with Gasteiger partial charge in [-0.1, -0.05) is 66.7 Å². The minimum absolute atomic E-state index is 0.250. The molecule has 0 heterocycles. The Hall–Kier alpha value is -2.19. The molecule has 0 saturated heterocycles. The highest BCUT2D eigenvalue weighted by Gasteiger charge is 2.47. The number of hydrogen-bond donors (Lipinski definition) is 0. The number of allylic oxidation sites excluding steroid dienone is 1. The third-order valence-electron chi connectivity index (χ3n) is 4.36. The zero-order chi connectivity index (χ0) is 14.7. The molecule has 1 aliphatic rings. The Morgan fingerprint density at radius 3 is 1.95 bits per heavy atom. The summed E-state index contributed by atoms with van der Waals surface area (Å²) in [6.07, 6.45) is 3.44. The average Bonchev–Trinajstić information content (AvgIpc) is 2.96. The molecule has 0 radical (unpaired) electrons. The van der Waals surface area contributed by atoms with Crippen molar-refractivity contribution in [3.63, 3.8) is 0 Å². The first-order valence-corrected chi connectivity index (χ1v) is 7.12. The summed E-state index contributed by atoms with van der Waals surface area (Å²) in [6.45, 7) is 0. The van der Waals surface area contributed by atoms with Gasteiger partial charge in [0.25, 0.3) is 0 Å². The minimum atomic E-state index is -0.326. The molecule has 0 bridgehead atoms. The summed E-state index contributed by atoms with van der Waals surface area (Å²) in [5.74, 6) is 0. The SMILES string of the molecule is COC1C(C=O)=CCC1(c1ccccc1)c1ccccc1. The highest BCUT2D eigenvalue weighted by atomic mass is 16.5. The number of benzene rings is 2. The van der Waals surface area contributed by atoms with Crippen LogP contribution in [0.5, 0.6) is 0 Å². The first-order chi connectivity index (χ1) is 10.3. The van der Waals surface area contributed by atoms with Gasteiger partial charge in [-0.25, -0.2) is 0 Å². The molecule has 0 aliphatic heterocycles. The molecular weight excluding hydrogens is 260 g/mol. The van der Waals surface area contributed by atoms with Gasteiger partial charge in [0.15, 0.2) is 0 Å². The lowest BCUT2D eigenvalue weighted by Gasteiger charge is -2.37. The maximum Gasteiger partial charge on any atom is 0.148 e. The Labute approximate surface area is 125 Å². The van der Waals surface area contributed by atoms with Crippen LogP contribution in [0.1, 0.15) is 17.5 Å². The second kappa shape index (κ2) is 5.66. The quantitative estimate of drug-likeness (QED) is 0.800. The predicted octanol–water partition coefficient (Wildman–Crippen LogP) is 3.52. The summed E-state index contributed by atoms with van der Waals surface area (Å²) in [5, 5.41) is 0. The molecule has 0 fully saturated rings. The number of methoxy groups -OCH3 is 1. The number of carbonyl (C=O) groups excluding carboxylic acids is 1. The van der Waals surface area contributed by atoms with Crippen LogP contribution in [0.4, 0.5) is 0 Å². The second-order valence-corrected chi connectivity index (χ2v) is 5.35. The van der Waals surface area contributed by atoms with Crippen LogP contribution < -0.4 is 0 Å². The van der Waals surface area contributed by atoms with E-state index in [9.17, 15) is 4.79 Å². The van der Waals surface area contributed by atoms with Gasteiger partial charge in [0.05, 0.1) is 11.5 Å². The highest BCUT2D eigenvalue weighted by Crippen LogP contribution is 2.46. The van der Waals surface area contributed by atoms with Gasteiger partial charge in [0.2, 0.25) is 0 Å². The van der Waals surface area contributed by atoms with Crippen molar-refractivity contribution in [2.45, 2.75) is 17.9 Å². The molecule has 0 amide bonds. The Balaban J connectivity index is 2.20. The molecule has 0 saturated carbocycles. The van der Waals surface area contributed by atoms with Gasteiger partial charge in [-0.05, 0) is 17.5 Å². The Morgan fingerprint density at radius 1 is 1.00 bits per heavy atom. The van der Waals surface area contributed by atoms with Crippen LogP contribution in [0.25, 0.3) is 0 Å². The Kier molecular flexibility index (Phi) is 3.72. The molecule has 0 aromatic heterocycles. The van der Waals surface area contributed by atoms with E-state index < -0.39 is 0 Å². The van der Waals surface area contributed by atoms with Crippen LogP contribution in [-0.2, 0) is 14.9 Å². The predicted molar refractivity (Wildman–Crippen MR) is 83.2 cm³/mol. The fourth-order valence-electron chi connectivity index (χ4n) is 3.40. The van der Waals surface area contributed by atoms with E-state index >= 15 is 0 Å². The molecule has 2 heteroatoms. The van der Waals surface area contributed by atoms with Crippen molar-refractivity contribution < 1.29 is 9.53 Å². The number of carbonyl (C=O) groups is 1. The van der Waals surface area contributed by atoms with Crippen molar-refractivity contribution in [3.05, 3.63) is 83.4 Å². The zero-order valence-electron chi connectivity index (χ0n) is 12.0. The molecule has 1 aliphatic carbocycles. The smallest absolute Gasteiger partial charge is 0.148 e. The standard InChI is InChI=1S/C19H18O2/c1-21-18-15(14-20)12-13-19(18,16-8-4-2-5-9-16)17-10-6-3-7-11-17/h2-12,14,18H,13H2,1H3. The first kappa shape index (κ1) is 13.8. The largest absolute Gasteiger partial charge is 0.375 e. The average molecular weight is 278 g/mol. The molecule has 2 aromatic rings. The summed E-state index contributed by atoms with van der Waals surface area (Å²) >= 11 is 0. The lowest BCUT2D eigenvalue weighted by Crippen LogP contribution is -2.39. The summed E-state index contributed by atoms with van der Waals surface area (Å²) < 4.78 is 5.74. The Bertz CT molecular complexity index is 604. The first-order valence-electron chi connectivity index (χ1n) is 7.12. The van der Waals surface area contributed by atoms with Gasteiger partial charge >= 0.3 is 0 Å². The Morgan fingerprint density at radius 2 is 1.52 bits per heavy atom. The van der Waals surface area contributed by atoms with Crippen LogP contribution in [0.15, 0.2) is 72.3 Å². The molecule has 1 atom stereocenters. The van der Waals surface area contributed by atoms with Crippen LogP contribution in [0.3, 0.4) is 0 Å². The van der Waals surface area contributed by atoms with E-state index in [4.69, 9.17) is 4.74 Å². The fraction of sp³-hybridized carbons (Fsp3) is 0.211. The van der Waals surface area contributed by atoms with Gasteiger partial charge in [-0.3, -0.25) is 4.79 Å². The number of rotatable bonds is 4. The molecule has 0 spiro atoms. The normalized spacial score (nSPS) is 20.0. The summed E-state index contributed by atoms with van der Waals surface area (Å²) in [6, 6.07) is 20.6. The van der Waals surface area contributed by atoms with Crippen LogP contribution in [-0.4, -0.2) is 19.5 Å². The number of hydrogen-bond acceptors (Lipinski definition) is 2. The lowest BCUT2D eigenvalue weighted by molar-refractivity contribution is -0.106. The molecule has 1 unspecified atom stereocenters. The molecular formula is C19H18O2. The minimum Gasteiger partial charge on any atom is -0.375 e. The monoisotopic (exact) mass is 278 g/mol. The van der Waals surface area contributed by atoms with Crippen LogP contribution in [0, 0.1) is 0 Å². The van der Waals surface area contributed by atoms with E-state index in [1.807, 2.05) is 42.5 Å². The summed E-state index contributed by atoms with van der Waals surface area (Å²) in [7, 11) is 1.67. The molecule has 3 rings (SSSR count). The van der Waals surface area contributed by atoms with Crippen molar-refractivity contribution in [2.75, 3.05) is 7.11 Å². The van der Waals surface area contributed by atoms with Crippen molar-refractivity contribution in [2.24, 2.45) is 0 Å². The third-order valence-corrected chi connectivity index (χ3v) is 4.36. The maximum absolute atomic E-state index is 11.4. The van der Waals surface area contributed by atoms with Gasteiger partial charge in [-0.15, -0.1) is 0 Å². The van der Waals surface area contributed by atoms with E-state index in [0.29, 0.717) is 0 Å². The number of ether oxygens (including phenoxy) is 1.